The van der Waals surface area contributed by atoms with Crippen molar-refractivity contribution in [2.45, 2.75) is 51.0 Å². The summed E-state index contributed by atoms with van der Waals surface area (Å²) < 4.78 is 6.98. The lowest BCUT2D eigenvalue weighted by molar-refractivity contribution is 0.0512. The molecule has 1 aliphatic rings. The summed E-state index contributed by atoms with van der Waals surface area (Å²) in [6, 6.07) is 12.2. The number of nitrogens with one attached hydrogen (secondary N) is 2. The van der Waals surface area contributed by atoms with Gasteiger partial charge in [0.05, 0.1) is 10.8 Å². The summed E-state index contributed by atoms with van der Waals surface area (Å²) in [4.78, 5) is 14.2. The fourth-order valence-electron chi connectivity index (χ4n) is 4.24. The fraction of sp³-hybridized carbons (Fsp3) is 0.458. The van der Waals surface area contributed by atoms with Gasteiger partial charge in [-0.05, 0) is 68.0 Å². The van der Waals surface area contributed by atoms with E-state index in [0.717, 1.165) is 62.1 Å². The first-order valence-electron chi connectivity index (χ1n) is 11.0. The molecule has 3 N–H and O–H groups in total. The second kappa shape index (κ2) is 10.2. The van der Waals surface area contributed by atoms with E-state index in [-0.39, 0.29) is 10.6 Å². The van der Waals surface area contributed by atoms with Gasteiger partial charge in [0.25, 0.3) is 0 Å². The number of aryl methyl sites for hydroxylation is 1. The molecule has 0 fully saturated rings. The largest absolute Gasteiger partial charge is 0.506 e. The Hall–Kier alpha value is -2.15. The highest BCUT2D eigenvalue weighted by atomic mass is 32.1. The van der Waals surface area contributed by atoms with E-state index in [1.54, 1.807) is 6.07 Å². The number of rotatable bonds is 11. The minimum atomic E-state index is -0.123. The number of aromatic hydroxyl groups is 1. The van der Waals surface area contributed by atoms with Gasteiger partial charge >= 0.3 is 4.87 Å². The van der Waals surface area contributed by atoms with E-state index in [9.17, 15) is 9.90 Å². The summed E-state index contributed by atoms with van der Waals surface area (Å²) >= 11 is 1.17. The Balaban J connectivity index is 1.06. The van der Waals surface area contributed by atoms with Crippen molar-refractivity contribution in [3.8, 4) is 5.75 Å². The number of hydrogen-bond donors (Lipinski definition) is 3. The summed E-state index contributed by atoms with van der Waals surface area (Å²) in [5.41, 5.74) is 4.50. The highest BCUT2D eigenvalue weighted by Crippen LogP contribution is 2.33. The van der Waals surface area contributed by atoms with Crippen LogP contribution in [0.1, 0.15) is 54.9 Å². The average Bonchev–Trinajstić information content (AvgIpc) is 3.35. The number of aromatic amines is 1. The van der Waals surface area contributed by atoms with Gasteiger partial charge in [-0.2, -0.15) is 0 Å². The molecule has 1 unspecified atom stereocenters. The Bertz CT molecular complexity index is 1030. The molecule has 0 bridgehead atoms. The van der Waals surface area contributed by atoms with Crippen LogP contribution < -0.4 is 10.2 Å². The van der Waals surface area contributed by atoms with Gasteiger partial charge in [0.15, 0.2) is 0 Å². The average molecular weight is 427 g/mol. The Morgan fingerprint density at radius 2 is 1.97 bits per heavy atom. The molecule has 0 aliphatic heterocycles. The summed E-state index contributed by atoms with van der Waals surface area (Å²) in [7, 11) is 0. The molecule has 0 spiro atoms. The monoisotopic (exact) mass is 426 g/mol. The Morgan fingerprint density at radius 1 is 1.10 bits per heavy atom. The first-order valence-corrected chi connectivity index (χ1v) is 11.8. The van der Waals surface area contributed by atoms with Crippen molar-refractivity contribution in [1.82, 2.24) is 10.3 Å². The van der Waals surface area contributed by atoms with E-state index in [0.29, 0.717) is 11.6 Å². The fourth-order valence-corrected chi connectivity index (χ4v) is 5.14. The number of aromatic nitrogens is 1. The SMILES string of the molecule is O=c1[nH]c2c(O)ccc(CCNCCCCCCOC3CCc4ccccc43)c2s1. The number of thiazole rings is 1. The van der Waals surface area contributed by atoms with Crippen LogP contribution in [0.15, 0.2) is 41.2 Å². The van der Waals surface area contributed by atoms with Gasteiger partial charge in [-0.15, -0.1) is 0 Å². The number of unbranched alkanes of at least 4 members (excludes halogenated alkanes) is 3. The number of phenols is 1. The second-order valence-corrected chi connectivity index (χ2v) is 8.96. The number of H-pyrrole nitrogens is 1. The lowest BCUT2D eigenvalue weighted by atomic mass is 10.1. The zero-order valence-corrected chi connectivity index (χ0v) is 18.1. The molecule has 0 saturated carbocycles. The van der Waals surface area contributed by atoms with Gasteiger partial charge in [-0.3, -0.25) is 4.79 Å². The Labute approximate surface area is 181 Å². The minimum absolute atomic E-state index is 0.123. The summed E-state index contributed by atoms with van der Waals surface area (Å²) in [5, 5.41) is 13.3. The van der Waals surface area contributed by atoms with E-state index in [1.807, 2.05) is 6.07 Å². The first-order chi connectivity index (χ1) is 14.7. The van der Waals surface area contributed by atoms with E-state index < -0.39 is 0 Å². The van der Waals surface area contributed by atoms with Crippen molar-refractivity contribution < 1.29 is 9.84 Å². The normalized spacial score (nSPS) is 15.7. The molecule has 1 aromatic heterocycles. The Kier molecular flexibility index (Phi) is 7.20. The van der Waals surface area contributed by atoms with Gasteiger partial charge < -0.3 is 20.1 Å². The molecular weight excluding hydrogens is 396 g/mol. The van der Waals surface area contributed by atoms with Crippen LogP contribution in [-0.4, -0.2) is 29.8 Å². The van der Waals surface area contributed by atoms with Crippen molar-refractivity contribution in [2.24, 2.45) is 0 Å². The van der Waals surface area contributed by atoms with Crippen LogP contribution in [0.4, 0.5) is 0 Å². The van der Waals surface area contributed by atoms with E-state index in [4.69, 9.17) is 4.74 Å². The second-order valence-electron chi connectivity index (χ2n) is 7.97. The molecule has 3 aromatic rings. The smallest absolute Gasteiger partial charge is 0.305 e. The van der Waals surface area contributed by atoms with Crippen molar-refractivity contribution in [3.05, 3.63) is 62.8 Å². The first kappa shape index (κ1) is 21.1. The van der Waals surface area contributed by atoms with Crippen LogP contribution in [-0.2, 0) is 17.6 Å². The molecule has 4 rings (SSSR count). The van der Waals surface area contributed by atoms with Crippen LogP contribution in [0, 0.1) is 0 Å². The maximum Gasteiger partial charge on any atom is 0.305 e. The number of fused-ring (bicyclic) bond motifs is 2. The highest BCUT2D eigenvalue weighted by Gasteiger charge is 2.21. The standard InChI is InChI=1S/C24H30N2O3S/c27-20-11-9-18(23-22(20)26-24(28)30-23)13-15-25-14-5-1-2-6-16-29-21-12-10-17-7-3-4-8-19(17)21/h3-4,7-9,11,21,25,27H,1-2,5-6,10,12-16H2,(H,26,28). The molecule has 160 valence electrons. The highest BCUT2D eigenvalue weighted by molar-refractivity contribution is 7.16. The van der Waals surface area contributed by atoms with Crippen LogP contribution in [0.25, 0.3) is 10.2 Å². The van der Waals surface area contributed by atoms with Crippen LogP contribution in [0.2, 0.25) is 0 Å². The summed E-state index contributed by atoms with van der Waals surface area (Å²) in [6.07, 6.45) is 8.10. The van der Waals surface area contributed by atoms with E-state index in [1.165, 1.54) is 35.3 Å². The summed E-state index contributed by atoms with van der Waals surface area (Å²) in [5.74, 6) is 0.140. The third-order valence-electron chi connectivity index (χ3n) is 5.85. The van der Waals surface area contributed by atoms with E-state index >= 15 is 0 Å². The molecule has 6 heteroatoms. The quantitative estimate of drug-likeness (QED) is 0.389. The number of benzene rings is 2. The molecule has 0 radical (unpaired) electrons. The van der Waals surface area contributed by atoms with E-state index in [2.05, 4.69) is 34.6 Å². The van der Waals surface area contributed by atoms with Crippen LogP contribution in [0.5, 0.6) is 5.75 Å². The van der Waals surface area contributed by atoms with Gasteiger partial charge in [0.2, 0.25) is 0 Å². The maximum atomic E-state index is 11.6. The predicted molar refractivity (Wildman–Crippen MR) is 123 cm³/mol. The van der Waals surface area contributed by atoms with Gasteiger partial charge in [0.1, 0.15) is 11.3 Å². The third-order valence-corrected chi connectivity index (χ3v) is 6.81. The van der Waals surface area contributed by atoms with Gasteiger partial charge in [0, 0.05) is 6.61 Å². The lowest BCUT2D eigenvalue weighted by Crippen LogP contribution is -2.18. The van der Waals surface area contributed by atoms with Crippen molar-refractivity contribution in [2.75, 3.05) is 19.7 Å². The summed E-state index contributed by atoms with van der Waals surface area (Å²) in [6.45, 7) is 2.72. The van der Waals surface area contributed by atoms with Crippen molar-refractivity contribution in [1.29, 1.82) is 0 Å². The third kappa shape index (κ3) is 5.12. The molecule has 0 saturated heterocycles. The molecule has 1 atom stereocenters. The minimum Gasteiger partial charge on any atom is -0.506 e. The van der Waals surface area contributed by atoms with Crippen LogP contribution in [0.3, 0.4) is 0 Å². The molecular formula is C24H30N2O3S. The molecule has 1 heterocycles. The number of phenolic OH excluding ortho intramolecular Hbond substituents is 1. The molecule has 2 aromatic carbocycles. The molecule has 5 nitrogen and oxygen atoms in total. The van der Waals surface area contributed by atoms with Crippen molar-refractivity contribution >= 4 is 21.6 Å². The maximum absolute atomic E-state index is 11.6. The van der Waals surface area contributed by atoms with Gasteiger partial charge in [-0.1, -0.05) is 54.5 Å². The van der Waals surface area contributed by atoms with Crippen molar-refractivity contribution in [3.63, 3.8) is 0 Å². The van der Waals surface area contributed by atoms with Gasteiger partial charge in [-0.25, -0.2) is 0 Å². The number of ether oxygens (including phenoxy) is 1. The number of hydrogen-bond acceptors (Lipinski definition) is 5. The Morgan fingerprint density at radius 3 is 2.90 bits per heavy atom. The zero-order chi connectivity index (χ0) is 20.8. The topological polar surface area (TPSA) is 74.4 Å². The molecule has 0 amide bonds. The predicted octanol–water partition coefficient (Wildman–Crippen LogP) is 4.69. The zero-order valence-electron chi connectivity index (χ0n) is 17.3. The lowest BCUT2D eigenvalue weighted by Gasteiger charge is -2.13. The van der Waals surface area contributed by atoms with Crippen LogP contribution >= 0.6 is 11.3 Å². The molecule has 30 heavy (non-hydrogen) atoms. The molecule has 1 aliphatic carbocycles.